The fraction of sp³-hybridized carbons (Fsp3) is 0.343. The maximum absolute atomic E-state index is 12.6. The van der Waals surface area contributed by atoms with Crippen molar-refractivity contribution < 1.29 is 38.2 Å². The van der Waals surface area contributed by atoms with Crippen molar-refractivity contribution in [1.29, 1.82) is 5.26 Å². The third-order valence-corrected chi connectivity index (χ3v) is 7.63. The van der Waals surface area contributed by atoms with Crippen LogP contribution in [-0.4, -0.2) is 48.9 Å². The van der Waals surface area contributed by atoms with E-state index in [1.54, 1.807) is 108 Å². The van der Waals surface area contributed by atoms with Gasteiger partial charge in [0.15, 0.2) is 28.9 Å². The molecule has 9 nitrogen and oxygen atoms in total. The first kappa shape index (κ1) is 35.2. The van der Waals surface area contributed by atoms with E-state index in [2.05, 4.69) is 0 Å². The predicted molar refractivity (Wildman–Crippen MR) is 162 cm³/mol. The van der Waals surface area contributed by atoms with Crippen LogP contribution in [0.15, 0.2) is 83.3 Å². The molecule has 0 aliphatic heterocycles. The Morgan fingerprint density at radius 1 is 0.750 bits per heavy atom. The van der Waals surface area contributed by atoms with Gasteiger partial charge in [0, 0.05) is 22.3 Å². The van der Waals surface area contributed by atoms with E-state index in [9.17, 15) is 28.8 Å². The lowest BCUT2D eigenvalue weighted by Crippen LogP contribution is -2.46. The van der Waals surface area contributed by atoms with Crippen LogP contribution in [0.5, 0.6) is 0 Å². The molecule has 0 bridgehead atoms. The standard InChI is InChI=1S/C17H18O4.C10H14O3.C8H5NO/c1-10-13(18)12(14(19)11-8-6-5-7-9-11)15(20)17(2,3)16(10)21-4;1-6-7(11)5-8(12)10(2,3)9(6)13-4;9-6-8(10)7-4-2-1-3-5-7/h5-9,12H,1-4H3;5H2,1-4H3;1-5H. The van der Waals surface area contributed by atoms with Crippen LogP contribution in [0.25, 0.3) is 0 Å². The molecule has 0 fully saturated rings. The SMILES string of the molecule is COC1=C(C)C(=O)C(C(=O)c2ccccc2)C(=O)C1(C)C.COC1=C(C)C(=O)CC(=O)C1(C)C.N#CC(=O)c1ccccc1. The first-order chi connectivity index (χ1) is 20.6. The van der Waals surface area contributed by atoms with Gasteiger partial charge in [-0.3, -0.25) is 28.8 Å². The van der Waals surface area contributed by atoms with Crippen molar-refractivity contribution in [3.63, 3.8) is 0 Å². The lowest BCUT2D eigenvalue weighted by molar-refractivity contribution is -0.137. The average molecular weight is 600 g/mol. The van der Waals surface area contributed by atoms with E-state index in [4.69, 9.17) is 14.7 Å². The summed E-state index contributed by atoms with van der Waals surface area (Å²) in [6.45, 7) is 10.2. The normalized spacial score (nSPS) is 18.7. The Morgan fingerprint density at radius 3 is 1.66 bits per heavy atom. The van der Waals surface area contributed by atoms with Gasteiger partial charge in [0.1, 0.15) is 23.5 Å². The van der Waals surface area contributed by atoms with E-state index < -0.39 is 39.9 Å². The van der Waals surface area contributed by atoms with Crippen LogP contribution in [0, 0.1) is 28.1 Å². The Kier molecular flexibility index (Phi) is 11.6. The van der Waals surface area contributed by atoms with Crippen molar-refractivity contribution in [2.45, 2.75) is 48.0 Å². The number of benzene rings is 2. The fourth-order valence-corrected chi connectivity index (χ4v) is 5.09. The molecule has 0 saturated heterocycles. The van der Waals surface area contributed by atoms with Gasteiger partial charge in [0.05, 0.1) is 31.5 Å². The van der Waals surface area contributed by atoms with E-state index in [-0.39, 0.29) is 18.0 Å². The highest BCUT2D eigenvalue weighted by Crippen LogP contribution is 2.40. The fourth-order valence-electron chi connectivity index (χ4n) is 5.09. The lowest BCUT2D eigenvalue weighted by Gasteiger charge is -2.34. The number of hydrogen-bond donors (Lipinski definition) is 0. The minimum atomic E-state index is -1.28. The van der Waals surface area contributed by atoms with Crippen LogP contribution in [-0.2, 0) is 28.7 Å². The van der Waals surface area contributed by atoms with Crippen molar-refractivity contribution in [3.05, 3.63) is 94.5 Å². The number of allylic oxidation sites excluding steroid dienone is 4. The zero-order valence-corrected chi connectivity index (χ0v) is 26.3. The van der Waals surface area contributed by atoms with Gasteiger partial charge in [-0.2, -0.15) is 5.26 Å². The second-order valence-corrected chi connectivity index (χ2v) is 11.3. The molecule has 0 radical (unpaired) electrons. The summed E-state index contributed by atoms with van der Waals surface area (Å²) in [6, 6.07) is 18.4. The Hall–Kier alpha value is -4.97. The van der Waals surface area contributed by atoms with Gasteiger partial charge in [-0.15, -0.1) is 0 Å². The lowest BCUT2D eigenvalue weighted by atomic mass is 9.68. The highest BCUT2D eigenvalue weighted by Gasteiger charge is 2.50. The number of Topliss-reactive ketones (excluding diaryl/α,β-unsaturated/α-hetero) is 6. The summed E-state index contributed by atoms with van der Waals surface area (Å²) < 4.78 is 10.3. The highest BCUT2D eigenvalue weighted by atomic mass is 16.5. The third kappa shape index (κ3) is 7.32. The molecule has 0 aromatic heterocycles. The van der Waals surface area contributed by atoms with Crippen molar-refractivity contribution in [2.75, 3.05) is 14.2 Å². The van der Waals surface area contributed by atoms with Gasteiger partial charge in [-0.1, -0.05) is 60.7 Å². The van der Waals surface area contributed by atoms with Gasteiger partial charge in [0.25, 0.3) is 5.78 Å². The number of ether oxygens (including phenoxy) is 2. The Morgan fingerprint density at radius 2 is 1.20 bits per heavy atom. The topological polar surface area (TPSA) is 145 Å². The molecule has 0 spiro atoms. The molecule has 4 rings (SSSR count). The van der Waals surface area contributed by atoms with Crippen LogP contribution < -0.4 is 0 Å². The molecule has 44 heavy (non-hydrogen) atoms. The Balaban J connectivity index is 0.000000250. The molecule has 9 heteroatoms. The van der Waals surface area contributed by atoms with E-state index in [1.807, 2.05) is 0 Å². The summed E-state index contributed by atoms with van der Waals surface area (Å²) in [4.78, 5) is 71.1. The highest BCUT2D eigenvalue weighted by molar-refractivity contribution is 6.30. The van der Waals surface area contributed by atoms with Gasteiger partial charge < -0.3 is 9.47 Å². The summed E-state index contributed by atoms with van der Waals surface area (Å²) >= 11 is 0. The zero-order chi connectivity index (χ0) is 33.4. The van der Waals surface area contributed by atoms with Crippen LogP contribution in [0.1, 0.15) is 68.7 Å². The Bertz CT molecular complexity index is 1570. The molecular formula is C35H37NO8. The number of rotatable bonds is 5. The smallest absolute Gasteiger partial charge is 0.262 e. The molecule has 2 aromatic rings. The van der Waals surface area contributed by atoms with Gasteiger partial charge in [-0.25, -0.2) is 0 Å². The van der Waals surface area contributed by atoms with Gasteiger partial charge >= 0.3 is 0 Å². The number of carbonyl (C=O) groups is 6. The van der Waals surface area contributed by atoms with Crippen molar-refractivity contribution >= 4 is 34.7 Å². The molecule has 0 amide bonds. The molecule has 1 atom stereocenters. The summed E-state index contributed by atoms with van der Waals surface area (Å²) in [5.41, 5.74) is 0.108. The number of nitriles is 1. The number of carbonyl (C=O) groups excluding carboxylic acids is 6. The molecule has 2 aliphatic carbocycles. The van der Waals surface area contributed by atoms with E-state index in [0.29, 0.717) is 33.8 Å². The number of ketones is 6. The molecule has 0 N–H and O–H groups in total. The second kappa shape index (κ2) is 14.5. The zero-order valence-electron chi connectivity index (χ0n) is 26.3. The van der Waals surface area contributed by atoms with Crippen molar-refractivity contribution in [3.8, 4) is 6.07 Å². The maximum Gasteiger partial charge on any atom is 0.262 e. The first-order valence-corrected chi connectivity index (χ1v) is 13.8. The average Bonchev–Trinajstić information content (AvgIpc) is 3.01. The minimum absolute atomic E-state index is 0.00565. The van der Waals surface area contributed by atoms with Crippen LogP contribution in [0.4, 0.5) is 0 Å². The van der Waals surface area contributed by atoms with E-state index >= 15 is 0 Å². The largest absolute Gasteiger partial charge is 0.500 e. The molecule has 1 unspecified atom stereocenters. The maximum atomic E-state index is 12.6. The number of methoxy groups -OCH3 is 2. The van der Waals surface area contributed by atoms with E-state index in [1.165, 1.54) is 14.2 Å². The first-order valence-electron chi connectivity index (χ1n) is 13.8. The second-order valence-electron chi connectivity index (χ2n) is 11.3. The monoisotopic (exact) mass is 599 g/mol. The summed E-state index contributed by atoms with van der Waals surface area (Å²) in [5.74, 6) is -2.44. The third-order valence-electron chi connectivity index (χ3n) is 7.63. The summed E-state index contributed by atoms with van der Waals surface area (Å²) in [7, 11) is 2.92. The van der Waals surface area contributed by atoms with Crippen LogP contribution in [0.2, 0.25) is 0 Å². The van der Waals surface area contributed by atoms with Gasteiger partial charge in [-0.05, 0) is 41.5 Å². The van der Waals surface area contributed by atoms with Crippen molar-refractivity contribution in [1.82, 2.24) is 0 Å². The molecular weight excluding hydrogens is 562 g/mol. The van der Waals surface area contributed by atoms with Crippen molar-refractivity contribution in [2.24, 2.45) is 16.7 Å². The minimum Gasteiger partial charge on any atom is -0.500 e. The molecule has 2 aliphatic rings. The quantitative estimate of drug-likeness (QED) is 0.249. The van der Waals surface area contributed by atoms with E-state index in [0.717, 1.165) is 0 Å². The Labute approximate surface area is 257 Å². The molecule has 0 heterocycles. The molecule has 230 valence electrons. The molecule has 2 aromatic carbocycles. The van der Waals surface area contributed by atoms with Crippen LogP contribution in [0.3, 0.4) is 0 Å². The predicted octanol–water partition coefficient (Wildman–Crippen LogP) is 5.45. The van der Waals surface area contributed by atoms with Crippen LogP contribution >= 0.6 is 0 Å². The number of nitrogens with zero attached hydrogens (tertiary/aromatic N) is 1. The summed E-state index contributed by atoms with van der Waals surface area (Å²) in [6.07, 6.45) is 0.00565. The number of hydrogen-bond acceptors (Lipinski definition) is 9. The summed E-state index contributed by atoms with van der Waals surface area (Å²) in [5, 5.41) is 8.19. The van der Waals surface area contributed by atoms with Gasteiger partial charge in [0.2, 0.25) is 0 Å². The molecule has 0 saturated carbocycles.